The predicted octanol–water partition coefficient (Wildman–Crippen LogP) is 2.07. The number of carbonyl (C=O) groups is 1. The highest BCUT2D eigenvalue weighted by atomic mass is 19.1. The Hall–Kier alpha value is -2.61. The summed E-state index contributed by atoms with van der Waals surface area (Å²) in [5, 5.41) is 23.8. The van der Waals surface area contributed by atoms with Gasteiger partial charge in [-0.25, -0.2) is 9.18 Å². The van der Waals surface area contributed by atoms with Crippen molar-refractivity contribution < 1.29 is 19.4 Å². The van der Waals surface area contributed by atoms with E-state index in [4.69, 9.17) is 0 Å². The highest BCUT2D eigenvalue weighted by molar-refractivity contribution is 5.97. The molecule has 0 bridgehead atoms. The molecule has 5 rings (SSSR count). The lowest BCUT2D eigenvalue weighted by Crippen LogP contribution is -2.40. The van der Waals surface area contributed by atoms with Gasteiger partial charge in [0.05, 0.1) is 10.9 Å². The summed E-state index contributed by atoms with van der Waals surface area (Å²) in [6, 6.07) is 1.38. The fourth-order valence-electron chi connectivity index (χ4n) is 4.78. The van der Waals surface area contributed by atoms with Crippen LogP contribution in [-0.2, 0) is 0 Å². The molecule has 0 radical (unpaired) electrons. The number of rotatable bonds is 3. The van der Waals surface area contributed by atoms with E-state index in [0.29, 0.717) is 19.0 Å². The lowest BCUT2D eigenvalue weighted by atomic mass is 9.94. The molecule has 1 aromatic heterocycles. The van der Waals surface area contributed by atoms with Gasteiger partial charge in [0.2, 0.25) is 5.43 Å². The second-order valence-electron chi connectivity index (χ2n) is 8.14. The number of pyridine rings is 1. The van der Waals surface area contributed by atoms with E-state index in [-0.39, 0.29) is 34.4 Å². The first kappa shape index (κ1) is 17.5. The summed E-state index contributed by atoms with van der Waals surface area (Å²) >= 11 is 0. The SMILES string of the molecule is O=C(O)c1cn(C2CC2)c2c(O)c(N3CC4CCCNC4C3)c(F)cc2c1=O. The van der Waals surface area contributed by atoms with Gasteiger partial charge < -0.3 is 25.0 Å². The smallest absolute Gasteiger partial charge is 0.341 e. The summed E-state index contributed by atoms with van der Waals surface area (Å²) in [5.74, 6) is -1.90. The largest absolute Gasteiger partial charge is 0.504 e. The molecule has 1 aliphatic carbocycles. The minimum atomic E-state index is -1.35. The molecule has 2 atom stereocenters. The minimum absolute atomic E-state index is 0.0215. The second kappa shape index (κ2) is 6.20. The number of hydrogen-bond acceptors (Lipinski definition) is 5. The number of nitrogens with one attached hydrogen (secondary N) is 1. The Morgan fingerprint density at radius 3 is 2.71 bits per heavy atom. The average Bonchev–Trinajstić information content (AvgIpc) is 3.41. The Balaban J connectivity index is 1.70. The minimum Gasteiger partial charge on any atom is -0.504 e. The van der Waals surface area contributed by atoms with Crippen molar-refractivity contribution in [2.45, 2.75) is 37.8 Å². The molecule has 148 valence electrons. The lowest BCUT2D eigenvalue weighted by Gasteiger charge is -2.24. The van der Waals surface area contributed by atoms with Crippen LogP contribution in [0.5, 0.6) is 5.75 Å². The molecule has 2 unspecified atom stereocenters. The Morgan fingerprint density at radius 1 is 1.25 bits per heavy atom. The number of aromatic hydroxyl groups is 1. The average molecular weight is 387 g/mol. The van der Waals surface area contributed by atoms with Crippen LogP contribution in [0.15, 0.2) is 17.1 Å². The zero-order valence-corrected chi connectivity index (χ0v) is 15.3. The quantitative estimate of drug-likeness (QED) is 0.746. The van der Waals surface area contributed by atoms with Gasteiger partial charge in [0.1, 0.15) is 11.3 Å². The number of phenols is 1. The molecule has 2 saturated heterocycles. The summed E-state index contributed by atoms with van der Waals surface area (Å²) in [4.78, 5) is 25.9. The lowest BCUT2D eigenvalue weighted by molar-refractivity contribution is 0.0694. The molecule has 0 amide bonds. The summed E-state index contributed by atoms with van der Waals surface area (Å²) in [6.45, 7) is 2.19. The van der Waals surface area contributed by atoms with Gasteiger partial charge in [-0.3, -0.25) is 4.79 Å². The molecule has 7 nitrogen and oxygen atoms in total. The summed E-state index contributed by atoms with van der Waals surface area (Å²) in [6.07, 6.45) is 5.11. The molecular weight excluding hydrogens is 365 g/mol. The molecule has 8 heteroatoms. The van der Waals surface area contributed by atoms with Gasteiger partial charge in [0, 0.05) is 31.4 Å². The number of fused-ring (bicyclic) bond motifs is 2. The van der Waals surface area contributed by atoms with Gasteiger partial charge in [-0.15, -0.1) is 0 Å². The molecule has 2 aromatic rings. The normalized spacial score (nSPS) is 24.5. The van der Waals surface area contributed by atoms with E-state index < -0.39 is 22.8 Å². The molecule has 3 N–H and O–H groups in total. The van der Waals surface area contributed by atoms with Gasteiger partial charge in [-0.05, 0) is 44.2 Å². The Bertz CT molecular complexity index is 1030. The van der Waals surface area contributed by atoms with Crippen LogP contribution in [0.25, 0.3) is 10.9 Å². The number of benzene rings is 1. The maximum absolute atomic E-state index is 15.1. The van der Waals surface area contributed by atoms with Crippen molar-refractivity contribution in [2.75, 3.05) is 24.5 Å². The van der Waals surface area contributed by atoms with Crippen molar-refractivity contribution in [3.05, 3.63) is 33.9 Å². The van der Waals surface area contributed by atoms with Crippen LogP contribution in [0.4, 0.5) is 10.1 Å². The van der Waals surface area contributed by atoms with E-state index in [1.54, 1.807) is 4.57 Å². The molecule has 0 spiro atoms. The van der Waals surface area contributed by atoms with Gasteiger partial charge in [-0.1, -0.05) is 0 Å². The second-order valence-corrected chi connectivity index (χ2v) is 8.14. The number of nitrogens with zero attached hydrogens (tertiary/aromatic N) is 2. The first-order chi connectivity index (χ1) is 13.5. The highest BCUT2D eigenvalue weighted by Crippen LogP contribution is 2.44. The fraction of sp³-hybridized carbons (Fsp3) is 0.500. The maximum atomic E-state index is 15.1. The third-order valence-corrected chi connectivity index (χ3v) is 6.30. The molecule has 28 heavy (non-hydrogen) atoms. The van der Waals surface area contributed by atoms with Crippen LogP contribution in [0.3, 0.4) is 0 Å². The molecule has 1 saturated carbocycles. The molecule has 2 aliphatic heterocycles. The van der Waals surface area contributed by atoms with Crippen LogP contribution >= 0.6 is 0 Å². The van der Waals surface area contributed by atoms with Crippen molar-refractivity contribution in [1.29, 1.82) is 0 Å². The predicted molar refractivity (Wildman–Crippen MR) is 102 cm³/mol. The van der Waals surface area contributed by atoms with E-state index in [1.165, 1.54) is 6.20 Å². The number of anilines is 1. The highest BCUT2D eigenvalue weighted by Gasteiger charge is 2.37. The van der Waals surface area contributed by atoms with Crippen molar-refractivity contribution in [2.24, 2.45) is 5.92 Å². The number of carboxylic acid groups (broad SMARTS) is 1. The van der Waals surface area contributed by atoms with E-state index in [9.17, 15) is 19.8 Å². The number of hydrogen-bond donors (Lipinski definition) is 3. The number of carboxylic acids is 1. The van der Waals surface area contributed by atoms with Crippen LogP contribution in [0.2, 0.25) is 0 Å². The van der Waals surface area contributed by atoms with Crippen molar-refractivity contribution in [1.82, 2.24) is 9.88 Å². The Morgan fingerprint density at radius 2 is 2.04 bits per heavy atom. The zero-order chi connectivity index (χ0) is 19.6. The number of halogens is 1. The number of piperidine rings is 1. The van der Waals surface area contributed by atoms with E-state index >= 15 is 4.39 Å². The Kier molecular flexibility index (Phi) is 3.87. The van der Waals surface area contributed by atoms with Crippen LogP contribution in [-0.4, -0.2) is 46.4 Å². The van der Waals surface area contributed by atoms with Gasteiger partial charge >= 0.3 is 5.97 Å². The van der Waals surface area contributed by atoms with Crippen LogP contribution in [0.1, 0.15) is 42.1 Å². The Labute approximate surface area is 160 Å². The van der Waals surface area contributed by atoms with Gasteiger partial charge in [0.15, 0.2) is 11.6 Å². The maximum Gasteiger partial charge on any atom is 0.341 e. The van der Waals surface area contributed by atoms with E-state index in [2.05, 4.69) is 5.32 Å². The molecular formula is C20H22FN3O4. The number of phenolic OH excluding ortho intramolecular Hbond substituents is 1. The first-order valence-electron chi connectivity index (χ1n) is 9.77. The molecule has 1 aromatic carbocycles. The zero-order valence-electron chi connectivity index (χ0n) is 15.3. The fourth-order valence-corrected chi connectivity index (χ4v) is 4.78. The molecule has 3 heterocycles. The van der Waals surface area contributed by atoms with Crippen molar-refractivity contribution in [3.8, 4) is 5.75 Å². The van der Waals surface area contributed by atoms with E-state index in [0.717, 1.165) is 38.3 Å². The first-order valence-corrected chi connectivity index (χ1v) is 9.77. The molecule has 3 aliphatic rings. The topological polar surface area (TPSA) is 94.8 Å². The monoisotopic (exact) mass is 387 g/mol. The van der Waals surface area contributed by atoms with Crippen molar-refractivity contribution >= 4 is 22.6 Å². The van der Waals surface area contributed by atoms with E-state index in [1.807, 2.05) is 4.90 Å². The van der Waals surface area contributed by atoms with Gasteiger partial charge in [0.25, 0.3) is 0 Å². The molecule has 3 fully saturated rings. The summed E-state index contributed by atoms with van der Waals surface area (Å²) in [5.41, 5.74) is -0.823. The third-order valence-electron chi connectivity index (χ3n) is 6.30. The summed E-state index contributed by atoms with van der Waals surface area (Å²) < 4.78 is 16.7. The van der Waals surface area contributed by atoms with Crippen LogP contribution < -0.4 is 15.6 Å². The van der Waals surface area contributed by atoms with Crippen molar-refractivity contribution in [3.63, 3.8) is 0 Å². The third kappa shape index (κ3) is 2.58. The van der Waals surface area contributed by atoms with Gasteiger partial charge in [-0.2, -0.15) is 0 Å². The van der Waals surface area contributed by atoms with Crippen LogP contribution in [0, 0.1) is 11.7 Å². The summed E-state index contributed by atoms with van der Waals surface area (Å²) in [7, 11) is 0. The standard InChI is InChI=1S/C20H22FN3O4/c21-14-6-12-16(24(11-3-4-11)8-13(18(12)25)20(27)28)19(26)17(14)23-7-10-2-1-5-22-15(10)9-23/h6,8,10-11,15,22,26H,1-5,7,9H2,(H,27,28). The number of aromatic carboxylic acids is 1. The number of aromatic nitrogens is 1.